The van der Waals surface area contributed by atoms with E-state index in [-0.39, 0.29) is 5.91 Å². The van der Waals surface area contributed by atoms with Crippen molar-refractivity contribution >= 4 is 28.8 Å². The smallest absolute Gasteiger partial charge is 0.225 e. The molecule has 1 fully saturated rings. The number of hydrogen-bond donors (Lipinski definition) is 2. The highest BCUT2D eigenvalue weighted by molar-refractivity contribution is 5.90. The molecule has 0 saturated carbocycles. The molecule has 1 aromatic heterocycles. The first-order valence-corrected chi connectivity index (χ1v) is 10.2. The van der Waals surface area contributed by atoms with Gasteiger partial charge in [-0.1, -0.05) is 30.3 Å². The van der Waals surface area contributed by atoms with E-state index in [4.69, 9.17) is 0 Å². The number of carbonyl (C=O) groups is 1. The molecule has 2 heterocycles. The Balaban J connectivity index is 1.28. The second-order valence-electron chi connectivity index (χ2n) is 7.33. The molecule has 2 aromatic carbocycles. The van der Waals surface area contributed by atoms with Gasteiger partial charge in [-0.3, -0.25) is 4.79 Å². The van der Waals surface area contributed by atoms with Gasteiger partial charge in [0.1, 0.15) is 5.82 Å². The molecular weight excluding hydrogens is 360 g/mol. The fraction of sp³-hybridized carbons (Fsp3) is 0.250. The van der Waals surface area contributed by atoms with Crippen molar-refractivity contribution in [1.82, 2.24) is 4.98 Å². The summed E-state index contributed by atoms with van der Waals surface area (Å²) in [6, 6.07) is 22.2. The monoisotopic (exact) mass is 386 g/mol. The van der Waals surface area contributed by atoms with Gasteiger partial charge in [0.05, 0.1) is 11.9 Å². The van der Waals surface area contributed by atoms with E-state index >= 15 is 0 Å². The number of nitrogens with one attached hydrogen (secondary N) is 2. The Morgan fingerprint density at radius 3 is 2.31 bits per heavy atom. The maximum Gasteiger partial charge on any atom is 0.225 e. The van der Waals surface area contributed by atoms with E-state index in [9.17, 15) is 4.79 Å². The molecule has 4 rings (SSSR count). The highest BCUT2D eigenvalue weighted by Crippen LogP contribution is 2.24. The van der Waals surface area contributed by atoms with Gasteiger partial charge in [-0.2, -0.15) is 0 Å². The van der Waals surface area contributed by atoms with E-state index in [0.29, 0.717) is 12.2 Å². The predicted octanol–water partition coefficient (Wildman–Crippen LogP) is 5.00. The fourth-order valence-corrected chi connectivity index (χ4v) is 3.55. The number of aromatic nitrogens is 1. The van der Waals surface area contributed by atoms with Crippen LogP contribution < -0.4 is 15.5 Å². The molecule has 1 aliphatic heterocycles. The summed E-state index contributed by atoms with van der Waals surface area (Å²) in [5, 5.41) is 6.21. The number of nitrogens with zero attached hydrogens (tertiary/aromatic N) is 2. The molecule has 0 bridgehead atoms. The highest BCUT2D eigenvalue weighted by Gasteiger charge is 2.11. The molecule has 0 spiro atoms. The average molecular weight is 386 g/mol. The lowest BCUT2D eigenvalue weighted by Crippen LogP contribution is -2.17. The largest absolute Gasteiger partial charge is 0.372 e. The molecule has 5 heteroatoms. The summed E-state index contributed by atoms with van der Waals surface area (Å²) in [7, 11) is 0. The molecule has 1 saturated heterocycles. The normalized spacial score (nSPS) is 13.3. The lowest BCUT2D eigenvalue weighted by molar-refractivity contribution is -0.116. The summed E-state index contributed by atoms with van der Waals surface area (Å²) in [4.78, 5) is 18.9. The van der Waals surface area contributed by atoms with Crippen molar-refractivity contribution in [3.63, 3.8) is 0 Å². The molecule has 0 radical (unpaired) electrons. The van der Waals surface area contributed by atoms with Crippen LogP contribution >= 0.6 is 0 Å². The van der Waals surface area contributed by atoms with E-state index in [2.05, 4.69) is 44.8 Å². The minimum atomic E-state index is -0.0282. The van der Waals surface area contributed by atoms with Gasteiger partial charge in [0.2, 0.25) is 5.91 Å². The van der Waals surface area contributed by atoms with E-state index < -0.39 is 0 Å². The number of benzene rings is 2. The van der Waals surface area contributed by atoms with E-state index in [0.717, 1.165) is 36.4 Å². The van der Waals surface area contributed by atoms with Gasteiger partial charge in [-0.15, -0.1) is 0 Å². The Morgan fingerprint density at radius 1 is 0.897 bits per heavy atom. The van der Waals surface area contributed by atoms with Gasteiger partial charge in [0, 0.05) is 30.9 Å². The molecule has 29 heavy (non-hydrogen) atoms. The van der Waals surface area contributed by atoms with Crippen LogP contribution in [-0.4, -0.2) is 24.0 Å². The quantitative estimate of drug-likeness (QED) is 0.600. The van der Waals surface area contributed by atoms with Gasteiger partial charge in [-0.05, 0) is 61.2 Å². The van der Waals surface area contributed by atoms with Crippen LogP contribution in [0.5, 0.6) is 0 Å². The number of rotatable bonds is 7. The fourth-order valence-electron chi connectivity index (χ4n) is 3.55. The number of pyridine rings is 1. The Morgan fingerprint density at radius 2 is 1.62 bits per heavy atom. The zero-order valence-corrected chi connectivity index (χ0v) is 16.5. The maximum atomic E-state index is 12.1. The number of carbonyl (C=O) groups excluding carboxylic acids is 1. The van der Waals surface area contributed by atoms with Gasteiger partial charge in [0.15, 0.2) is 0 Å². The average Bonchev–Trinajstić information content (AvgIpc) is 3.30. The summed E-state index contributed by atoms with van der Waals surface area (Å²) in [5.41, 5.74) is 4.35. The Bertz CT molecular complexity index is 917. The van der Waals surface area contributed by atoms with Gasteiger partial charge in [0.25, 0.3) is 0 Å². The topological polar surface area (TPSA) is 57.3 Å². The van der Waals surface area contributed by atoms with Crippen molar-refractivity contribution in [2.24, 2.45) is 0 Å². The van der Waals surface area contributed by atoms with Crippen molar-refractivity contribution in [3.8, 4) is 0 Å². The molecule has 0 atom stereocenters. The number of aryl methyl sites for hydroxylation is 1. The van der Waals surface area contributed by atoms with Crippen LogP contribution in [-0.2, 0) is 11.2 Å². The van der Waals surface area contributed by atoms with Gasteiger partial charge in [-0.25, -0.2) is 4.98 Å². The summed E-state index contributed by atoms with van der Waals surface area (Å²) >= 11 is 0. The van der Waals surface area contributed by atoms with Gasteiger partial charge < -0.3 is 15.5 Å². The number of hydrogen-bond acceptors (Lipinski definition) is 4. The first kappa shape index (κ1) is 19.0. The molecule has 3 aromatic rings. The third kappa shape index (κ3) is 5.35. The molecule has 1 amide bonds. The minimum Gasteiger partial charge on any atom is -0.372 e. The Kier molecular flexibility index (Phi) is 6.05. The van der Waals surface area contributed by atoms with Crippen LogP contribution in [0.4, 0.5) is 22.9 Å². The highest BCUT2D eigenvalue weighted by atomic mass is 16.1. The number of amides is 1. The predicted molar refractivity (Wildman–Crippen MR) is 119 cm³/mol. The van der Waals surface area contributed by atoms with Gasteiger partial charge >= 0.3 is 0 Å². The second kappa shape index (κ2) is 9.24. The van der Waals surface area contributed by atoms with Crippen molar-refractivity contribution in [2.75, 3.05) is 28.6 Å². The van der Waals surface area contributed by atoms with Crippen molar-refractivity contribution < 1.29 is 4.79 Å². The molecular formula is C24H26N4O. The van der Waals surface area contributed by atoms with Crippen molar-refractivity contribution in [2.45, 2.75) is 25.7 Å². The van der Waals surface area contributed by atoms with E-state index in [1.54, 1.807) is 6.20 Å². The minimum absolute atomic E-state index is 0.0282. The Hall–Kier alpha value is -3.34. The van der Waals surface area contributed by atoms with Crippen LogP contribution in [0.1, 0.15) is 24.8 Å². The second-order valence-corrected chi connectivity index (χ2v) is 7.33. The SMILES string of the molecule is O=C(CCc1ccccc1)Nc1ccc(Nc2ccc(N3CCCC3)cc2)cn1. The summed E-state index contributed by atoms with van der Waals surface area (Å²) < 4.78 is 0. The number of anilines is 4. The first-order chi connectivity index (χ1) is 14.3. The third-order valence-corrected chi connectivity index (χ3v) is 5.14. The van der Waals surface area contributed by atoms with E-state index in [1.807, 2.05) is 42.5 Å². The lowest BCUT2D eigenvalue weighted by atomic mass is 10.1. The summed E-state index contributed by atoms with van der Waals surface area (Å²) in [5.74, 6) is 0.539. The molecule has 148 valence electrons. The Labute approximate surface area is 171 Å². The molecule has 0 aliphatic carbocycles. The molecule has 0 unspecified atom stereocenters. The molecule has 2 N–H and O–H groups in total. The lowest BCUT2D eigenvalue weighted by Gasteiger charge is -2.18. The van der Waals surface area contributed by atoms with Crippen molar-refractivity contribution in [1.29, 1.82) is 0 Å². The van der Waals surface area contributed by atoms with Crippen LogP contribution in [0, 0.1) is 0 Å². The zero-order valence-electron chi connectivity index (χ0n) is 16.5. The standard InChI is InChI=1S/C24H26N4O/c29-24(15-8-19-6-2-1-3-7-19)27-23-14-11-21(18-25-23)26-20-9-12-22(13-10-20)28-16-4-5-17-28/h1-3,6-7,9-14,18,26H,4-5,8,15-17H2,(H,25,27,29). The molecule has 5 nitrogen and oxygen atoms in total. The zero-order chi connectivity index (χ0) is 19.9. The van der Waals surface area contributed by atoms with Crippen LogP contribution in [0.25, 0.3) is 0 Å². The molecule has 1 aliphatic rings. The van der Waals surface area contributed by atoms with E-state index in [1.165, 1.54) is 18.5 Å². The third-order valence-electron chi connectivity index (χ3n) is 5.14. The summed E-state index contributed by atoms with van der Waals surface area (Å²) in [6.07, 6.45) is 5.46. The summed E-state index contributed by atoms with van der Waals surface area (Å²) in [6.45, 7) is 2.30. The van der Waals surface area contributed by atoms with Crippen molar-refractivity contribution in [3.05, 3.63) is 78.5 Å². The maximum absolute atomic E-state index is 12.1. The van der Waals surface area contributed by atoms with Crippen LogP contribution in [0.2, 0.25) is 0 Å². The van der Waals surface area contributed by atoms with Crippen LogP contribution in [0.15, 0.2) is 72.9 Å². The first-order valence-electron chi connectivity index (χ1n) is 10.2. The van der Waals surface area contributed by atoms with Crippen LogP contribution in [0.3, 0.4) is 0 Å².